The standard InChI is InChI=1S/C29H42N2O4S/c1-9-20(18-35-26(33)29(5,6)7)25(21-11-13-22(14-12-21)28(2,3)4)31(27(30)36)17-19-10-15-23(32)24(16-19)34-8/h10-16,20,25,32H,9,17-18H2,1-8H3,(H2,30,36). The van der Waals surface area contributed by atoms with Crippen molar-refractivity contribution in [3.8, 4) is 11.5 Å². The van der Waals surface area contributed by atoms with Gasteiger partial charge in [0.05, 0.1) is 25.2 Å². The molecule has 3 N–H and O–H groups in total. The van der Waals surface area contributed by atoms with Gasteiger partial charge in [0.2, 0.25) is 0 Å². The molecule has 0 aromatic heterocycles. The van der Waals surface area contributed by atoms with E-state index in [2.05, 4.69) is 52.0 Å². The fraction of sp³-hybridized carbons (Fsp3) is 0.517. The molecule has 2 aromatic carbocycles. The van der Waals surface area contributed by atoms with Crippen LogP contribution in [-0.2, 0) is 21.5 Å². The van der Waals surface area contributed by atoms with Crippen LogP contribution in [0.2, 0.25) is 0 Å². The van der Waals surface area contributed by atoms with Gasteiger partial charge in [-0.2, -0.15) is 0 Å². The minimum Gasteiger partial charge on any atom is -0.504 e. The Balaban J connectivity index is 2.52. The molecule has 0 amide bonds. The van der Waals surface area contributed by atoms with Gasteiger partial charge in [0.1, 0.15) is 0 Å². The first-order chi connectivity index (χ1) is 16.7. The second-order valence-electron chi connectivity index (χ2n) is 11.3. The Bertz CT molecular complexity index is 1040. The first-order valence-corrected chi connectivity index (χ1v) is 12.8. The normalized spacial score (nSPS) is 13.6. The second-order valence-corrected chi connectivity index (χ2v) is 11.7. The molecule has 7 heteroatoms. The number of carbonyl (C=O) groups is 1. The van der Waals surface area contributed by atoms with Crippen molar-refractivity contribution in [1.82, 2.24) is 4.90 Å². The summed E-state index contributed by atoms with van der Waals surface area (Å²) in [5, 5.41) is 10.3. The molecule has 0 aliphatic rings. The number of nitrogens with two attached hydrogens (primary N) is 1. The van der Waals surface area contributed by atoms with Gasteiger partial charge in [-0.25, -0.2) is 0 Å². The largest absolute Gasteiger partial charge is 0.504 e. The molecule has 2 aromatic rings. The van der Waals surface area contributed by atoms with Crippen LogP contribution >= 0.6 is 12.2 Å². The molecule has 0 fully saturated rings. The summed E-state index contributed by atoms with van der Waals surface area (Å²) < 4.78 is 11.1. The highest BCUT2D eigenvalue weighted by Gasteiger charge is 2.32. The molecule has 198 valence electrons. The molecule has 0 heterocycles. The fourth-order valence-electron chi connectivity index (χ4n) is 4.05. The van der Waals surface area contributed by atoms with Crippen LogP contribution in [0.1, 0.15) is 77.6 Å². The lowest BCUT2D eigenvalue weighted by Gasteiger charge is -2.38. The lowest BCUT2D eigenvalue weighted by molar-refractivity contribution is -0.155. The number of phenols is 1. The molecule has 0 spiro atoms. The zero-order valence-corrected chi connectivity index (χ0v) is 23.7. The van der Waals surface area contributed by atoms with Crippen molar-refractivity contribution in [2.75, 3.05) is 13.7 Å². The number of benzene rings is 2. The number of hydrogen-bond acceptors (Lipinski definition) is 5. The third-order valence-corrected chi connectivity index (χ3v) is 6.58. The minimum absolute atomic E-state index is 0.0197. The summed E-state index contributed by atoms with van der Waals surface area (Å²) in [5.41, 5.74) is 8.89. The summed E-state index contributed by atoms with van der Waals surface area (Å²) in [6.07, 6.45) is 0.751. The molecule has 6 nitrogen and oxygen atoms in total. The molecule has 2 rings (SSSR count). The Morgan fingerprint density at radius 2 is 1.69 bits per heavy atom. The van der Waals surface area contributed by atoms with E-state index in [0.717, 1.165) is 17.5 Å². The van der Waals surface area contributed by atoms with E-state index in [1.807, 2.05) is 31.7 Å². The topological polar surface area (TPSA) is 85.0 Å². The number of aromatic hydroxyl groups is 1. The van der Waals surface area contributed by atoms with Gasteiger partial charge in [-0.3, -0.25) is 4.79 Å². The summed E-state index contributed by atoms with van der Waals surface area (Å²) in [6, 6.07) is 13.5. The maximum atomic E-state index is 12.6. The molecular formula is C29H42N2O4S. The van der Waals surface area contributed by atoms with E-state index < -0.39 is 5.41 Å². The van der Waals surface area contributed by atoms with Crippen molar-refractivity contribution in [1.29, 1.82) is 0 Å². The lowest BCUT2D eigenvalue weighted by atomic mass is 9.84. The number of thiocarbonyl (C=S) groups is 1. The number of rotatable bonds is 9. The molecule has 0 aliphatic heterocycles. The Labute approximate surface area is 221 Å². The molecule has 0 saturated heterocycles. The highest BCUT2D eigenvalue weighted by molar-refractivity contribution is 7.80. The molecule has 0 bridgehead atoms. The smallest absolute Gasteiger partial charge is 0.311 e. The summed E-state index contributed by atoms with van der Waals surface area (Å²) in [5.74, 6) is 0.149. The van der Waals surface area contributed by atoms with E-state index in [4.69, 9.17) is 27.4 Å². The Morgan fingerprint density at radius 1 is 1.08 bits per heavy atom. The molecule has 2 atom stereocenters. The Hall–Kier alpha value is -2.80. The monoisotopic (exact) mass is 514 g/mol. The summed E-state index contributed by atoms with van der Waals surface area (Å²) in [6.45, 7) is 14.8. The number of phenolic OH excluding ortho intramolecular Hbond substituents is 1. The van der Waals surface area contributed by atoms with Gasteiger partial charge in [0.25, 0.3) is 0 Å². The van der Waals surface area contributed by atoms with E-state index in [1.54, 1.807) is 12.1 Å². The van der Waals surface area contributed by atoms with Gasteiger partial charge in [0.15, 0.2) is 16.6 Å². The lowest BCUT2D eigenvalue weighted by Crippen LogP contribution is -2.42. The number of esters is 1. The minimum atomic E-state index is -0.590. The van der Waals surface area contributed by atoms with Crippen LogP contribution in [0.3, 0.4) is 0 Å². The number of carbonyl (C=O) groups excluding carboxylic acids is 1. The first kappa shape index (κ1) is 29.4. The van der Waals surface area contributed by atoms with Crippen LogP contribution in [-0.4, -0.2) is 34.8 Å². The van der Waals surface area contributed by atoms with Crippen molar-refractivity contribution >= 4 is 23.3 Å². The summed E-state index contributed by atoms with van der Waals surface area (Å²) in [7, 11) is 1.51. The molecular weight excluding hydrogens is 472 g/mol. The quantitative estimate of drug-likeness (QED) is 0.309. The van der Waals surface area contributed by atoms with Gasteiger partial charge >= 0.3 is 5.97 Å². The van der Waals surface area contributed by atoms with Crippen LogP contribution in [0.15, 0.2) is 42.5 Å². The predicted octanol–water partition coefficient (Wildman–Crippen LogP) is 6.10. The third-order valence-electron chi connectivity index (χ3n) is 6.35. The maximum absolute atomic E-state index is 12.6. The number of nitrogens with zero attached hydrogens (tertiary/aromatic N) is 1. The van der Waals surface area contributed by atoms with E-state index in [0.29, 0.717) is 12.3 Å². The van der Waals surface area contributed by atoms with Gasteiger partial charge in [-0.05, 0) is 73.6 Å². The number of ether oxygens (including phenoxy) is 2. The Morgan fingerprint density at radius 3 is 2.17 bits per heavy atom. The Kier molecular flexibility index (Phi) is 9.78. The van der Waals surface area contributed by atoms with Crippen LogP contribution < -0.4 is 10.5 Å². The van der Waals surface area contributed by atoms with Crippen molar-refractivity contribution < 1.29 is 19.4 Å². The van der Waals surface area contributed by atoms with E-state index in [9.17, 15) is 9.90 Å². The van der Waals surface area contributed by atoms with Crippen LogP contribution in [0, 0.1) is 11.3 Å². The second kappa shape index (κ2) is 12.0. The zero-order chi connectivity index (χ0) is 27.3. The molecule has 0 aliphatic carbocycles. The van der Waals surface area contributed by atoms with Crippen LogP contribution in [0.5, 0.6) is 11.5 Å². The maximum Gasteiger partial charge on any atom is 0.311 e. The van der Waals surface area contributed by atoms with Crippen LogP contribution in [0.4, 0.5) is 0 Å². The van der Waals surface area contributed by atoms with E-state index >= 15 is 0 Å². The van der Waals surface area contributed by atoms with Gasteiger partial charge in [-0.15, -0.1) is 0 Å². The van der Waals surface area contributed by atoms with Gasteiger partial charge in [0, 0.05) is 12.5 Å². The van der Waals surface area contributed by atoms with Crippen molar-refractivity contribution in [3.63, 3.8) is 0 Å². The zero-order valence-electron chi connectivity index (χ0n) is 22.9. The van der Waals surface area contributed by atoms with E-state index in [-0.39, 0.29) is 40.8 Å². The highest BCUT2D eigenvalue weighted by Crippen LogP contribution is 2.36. The van der Waals surface area contributed by atoms with Crippen molar-refractivity contribution in [2.24, 2.45) is 17.1 Å². The highest BCUT2D eigenvalue weighted by atomic mass is 32.1. The van der Waals surface area contributed by atoms with Gasteiger partial charge in [-0.1, -0.05) is 58.0 Å². The van der Waals surface area contributed by atoms with Crippen molar-refractivity contribution in [2.45, 2.75) is 72.9 Å². The number of methoxy groups -OCH3 is 1. The fourth-order valence-corrected chi connectivity index (χ4v) is 4.23. The molecule has 0 radical (unpaired) electrons. The van der Waals surface area contributed by atoms with E-state index in [1.165, 1.54) is 12.7 Å². The molecule has 36 heavy (non-hydrogen) atoms. The third kappa shape index (κ3) is 7.60. The first-order valence-electron chi connectivity index (χ1n) is 12.4. The summed E-state index contributed by atoms with van der Waals surface area (Å²) >= 11 is 5.54. The SMILES string of the molecule is CCC(COC(=O)C(C)(C)C)C(c1ccc(C(C)(C)C)cc1)N(Cc1ccc(O)c(OC)c1)C(N)=S. The summed E-state index contributed by atoms with van der Waals surface area (Å²) in [4.78, 5) is 14.5. The predicted molar refractivity (Wildman–Crippen MR) is 149 cm³/mol. The average molecular weight is 515 g/mol. The van der Waals surface area contributed by atoms with Crippen LogP contribution in [0.25, 0.3) is 0 Å². The number of hydrogen-bond donors (Lipinski definition) is 2. The van der Waals surface area contributed by atoms with Gasteiger partial charge < -0.3 is 25.2 Å². The molecule has 2 unspecified atom stereocenters. The average Bonchev–Trinajstić information content (AvgIpc) is 2.80. The van der Waals surface area contributed by atoms with Crippen molar-refractivity contribution in [3.05, 3.63) is 59.2 Å². The molecule has 0 saturated carbocycles.